The van der Waals surface area contributed by atoms with Gasteiger partial charge >= 0.3 is 0 Å². The van der Waals surface area contributed by atoms with Crippen LogP contribution in [-0.4, -0.2) is 13.0 Å². The van der Waals surface area contributed by atoms with Crippen molar-refractivity contribution >= 4 is 40.9 Å². The van der Waals surface area contributed by atoms with Crippen LogP contribution in [0.3, 0.4) is 0 Å². The van der Waals surface area contributed by atoms with Crippen LogP contribution < -0.4 is 10.1 Å². The van der Waals surface area contributed by atoms with Gasteiger partial charge < -0.3 is 10.1 Å². The number of nitrogens with one attached hydrogen (secondary N) is 1. The van der Waals surface area contributed by atoms with Crippen LogP contribution in [0.1, 0.15) is 11.1 Å². The fraction of sp³-hybridized carbons (Fsp3) is 0.100. The molecule has 0 aliphatic heterocycles. The van der Waals surface area contributed by atoms with Crippen LogP contribution in [0.4, 0.5) is 5.69 Å². The Kier molecular flexibility index (Phi) is 6.85. The maximum atomic E-state index is 12.4. The Balaban J connectivity index is 2.31. The highest BCUT2D eigenvalue weighted by molar-refractivity contribution is 6.44. The number of ether oxygens (including phenoxy) is 1. The quantitative estimate of drug-likeness (QED) is 0.417. The molecule has 0 aliphatic rings. The second-order valence-corrected chi connectivity index (χ2v) is 6.07. The lowest BCUT2D eigenvalue weighted by Crippen LogP contribution is -2.13. The van der Waals surface area contributed by atoms with Crippen LogP contribution in [0.2, 0.25) is 10.0 Å². The number of benzene rings is 2. The second-order valence-electron chi connectivity index (χ2n) is 5.29. The summed E-state index contributed by atoms with van der Waals surface area (Å²) < 4.78 is 5.30. The van der Waals surface area contributed by atoms with E-state index in [1.807, 2.05) is 12.1 Å². The van der Waals surface area contributed by atoms with Crippen LogP contribution >= 0.6 is 23.2 Å². The highest BCUT2D eigenvalue weighted by Gasteiger charge is 2.13. The van der Waals surface area contributed by atoms with Crippen molar-refractivity contribution in [1.29, 1.82) is 5.26 Å². The van der Waals surface area contributed by atoms with Crippen LogP contribution in [0, 0.1) is 11.3 Å². The molecule has 0 heterocycles. The first kappa shape index (κ1) is 19.6. The van der Waals surface area contributed by atoms with E-state index < -0.39 is 5.91 Å². The largest absolute Gasteiger partial charge is 0.496 e. The van der Waals surface area contributed by atoms with Crippen molar-refractivity contribution in [3.63, 3.8) is 0 Å². The van der Waals surface area contributed by atoms with Gasteiger partial charge in [-0.25, -0.2) is 0 Å². The molecule has 1 N–H and O–H groups in total. The number of carbonyl (C=O) groups is 1. The summed E-state index contributed by atoms with van der Waals surface area (Å²) in [4.78, 5) is 12.4. The number of hydrogen-bond acceptors (Lipinski definition) is 3. The molecule has 0 saturated heterocycles. The predicted octanol–water partition coefficient (Wildman–Crippen LogP) is 5.28. The second kappa shape index (κ2) is 9.10. The summed E-state index contributed by atoms with van der Waals surface area (Å²) >= 11 is 12.0. The zero-order chi connectivity index (χ0) is 19.1. The molecule has 0 unspecified atom stereocenters. The molecule has 2 aromatic rings. The van der Waals surface area contributed by atoms with E-state index >= 15 is 0 Å². The first-order chi connectivity index (χ1) is 12.5. The molecule has 132 valence electrons. The number of anilines is 1. The van der Waals surface area contributed by atoms with Crippen molar-refractivity contribution in [1.82, 2.24) is 0 Å². The summed E-state index contributed by atoms with van der Waals surface area (Å²) in [5.41, 5.74) is 1.89. The Morgan fingerprint density at radius 3 is 2.77 bits per heavy atom. The zero-order valence-corrected chi connectivity index (χ0v) is 15.6. The summed E-state index contributed by atoms with van der Waals surface area (Å²) in [6.07, 6.45) is 3.86. The van der Waals surface area contributed by atoms with Gasteiger partial charge in [0, 0.05) is 0 Å². The third-order valence-corrected chi connectivity index (χ3v) is 4.36. The maximum absolute atomic E-state index is 12.4. The molecular weight excluding hydrogens is 371 g/mol. The minimum Gasteiger partial charge on any atom is -0.496 e. The smallest absolute Gasteiger partial charge is 0.266 e. The van der Waals surface area contributed by atoms with Crippen LogP contribution in [0.5, 0.6) is 5.75 Å². The lowest BCUT2D eigenvalue weighted by atomic mass is 10.0. The Hall–Kier alpha value is -2.74. The fourth-order valence-corrected chi connectivity index (χ4v) is 2.66. The van der Waals surface area contributed by atoms with Gasteiger partial charge in [0.2, 0.25) is 0 Å². The SMILES string of the molecule is C=CCc1cc(/C=C(/C#N)C(=O)Nc2cccc(Cl)c2Cl)ccc1OC. The average molecular weight is 387 g/mol. The van der Waals surface area contributed by atoms with Crippen molar-refractivity contribution in [2.45, 2.75) is 6.42 Å². The van der Waals surface area contributed by atoms with E-state index in [2.05, 4.69) is 11.9 Å². The van der Waals surface area contributed by atoms with E-state index in [0.717, 1.165) is 11.3 Å². The molecule has 4 nitrogen and oxygen atoms in total. The highest BCUT2D eigenvalue weighted by atomic mass is 35.5. The van der Waals surface area contributed by atoms with Gasteiger partial charge in [0.15, 0.2) is 0 Å². The third kappa shape index (κ3) is 4.66. The molecule has 0 aromatic heterocycles. The predicted molar refractivity (Wildman–Crippen MR) is 106 cm³/mol. The Labute approximate surface area is 162 Å². The number of methoxy groups -OCH3 is 1. The van der Waals surface area contributed by atoms with Crippen LogP contribution in [-0.2, 0) is 11.2 Å². The Bertz CT molecular complexity index is 915. The number of nitrogens with zero attached hydrogens (tertiary/aromatic N) is 1. The normalized spacial score (nSPS) is 10.8. The Morgan fingerprint density at radius 1 is 1.35 bits per heavy atom. The molecule has 0 bridgehead atoms. The van der Waals surface area contributed by atoms with E-state index in [1.165, 1.54) is 6.08 Å². The number of carbonyl (C=O) groups excluding carboxylic acids is 1. The van der Waals surface area contributed by atoms with E-state index in [9.17, 15) is 10.1 Å². The monoisotopic (exact) mass is 386 g/mol. The van der Waals surface area contributed by atoms with E-state index in [-0.39, 0.29) is 10.6 Å². The molecule has 0 radical (unpaired) electrons. The van der Waals surface area contributed by atoms with Gasteiger partial charge in [-0.3, -0.25) is 4.79 Å². The molecule has 0 aliphatic carbocycles. The number of allylic oxidation sites excluding steroid dienone is 1. The lowest BCUT2D eigenvalue weighted by molar-refractivity contribution is -0.112. The molecule has 0 fully saturated rings. The molecule has 0 spiro atoms. The lowest BCUT2D eigenvalue weighted by Gasteiger charge is -2.09. The van der Waals surface area contributed by atoms with Gasteiger partial charge in [0.1, 0.15) is 17.4 Å². The topological polar surface area (TPSA) is 62.1 Å². The van der Waals surface area contributed by atoms with E-state index in [0.29, 0.717) is 22.7 Å². The number of hydrogen-bond donors (Lipinski definition) is 1. The molecule has 0 saturated carbocycles. The van der Waals surface area contributed by atoms with Crippen molar-refractivity contribution in [2.24, 2.45) is 0 Å². The number of nitriles is 1. The number of amides is 1. The third-order valence-electron chi connectivity index (χ3n) is 3.54. The molecule has 2 rings (SSSR count). The standard InChI is InChI=1S/C20H16Cl2N2O2/c1-3-5-14-10-13(8-9-18(14)26-2)11-15(12-23)20(25)24-17-7-4-6-16(21)19(17)22/h3-4,6-11H,1,5H2,2H3,(H,24,25)/b15-11-. The van der Waals surface area contributed by atoms with Gasteiger partial charge in [0.05, 0.1) is 22.8 Å². The summed E-state index contributed by atoms with van der Waals surface area (Å²) in [6, 6.07) is 12.2. The van der Waals surface area contributed by atoms with Gasteiger partial charge in [0.25, 0.3) is 5.91 Å². The molecule has 26 heavy (non-hydrogen) atoms. The minimum absolute atomic E-state index is 0.0595. The van der Waals surface area contributed by atoms with E-state index in [1.54, 1.807) is 43.5 Å². The Morgan fingerprint density at radius 2 is 2.12 bits per heavy atom. The van der Waals surface area contributed by atoms with Crippen LogP contribution in [0.25, 0.3) is 6.08 Å². The zero-order valence-electron chi connectivity index (χ0n) is 14.1. The summed E-state index contributed by atoms with van der Waals surface area (Å²) in [5, 5.41) is 12.5. The number of rotatable bonds is 6. The van der Waals surface area contributed by atoms with Crippen molar-refractivity contribution in [3.8, 4) is 11.8 Å². The summed E-state index contributed by atoms with van der Waals surface area (Å²) in [6.45, 7) is 3.72. The first-order valence-corrected chi connectivity index (χ1v) is 8.40. The maximum Gasteiger partial charge on any atom is 0.266 e. The van der Waals surface area contributed by atoms with Crippen molar-refractivity contribution < 1.29 is 9.53 Å². The molecule has 0 atom stereocenters. The van der Waals surface area contributed by atoms with Gasteiger partial charge in [-0.2, -0.15) is 5.26 Å². The van der Waals surface area contributed by atoms with Gasteiger partial charge in [-0.05, 0) is 47.9 Å². The molecule has 1 amide bonds. The van der Waals surface area contributed by atoms with Crippen molar-refractivity contribution in [2.75, 3.05) is 12.4 Å². The van der Waals surface area contributed by atoms with Gasteiger partial charge in [-0.1, -0.05) is 41.4 Å². The first-order valence-electron chi connectivity index (χ1n) is 7.65. The van der Waals surface area contributed by atoms with Crippen LogP contribution in [0.15, 0.2) is 54.6 Å². The summed E-state index contributed by atoms with van der Waals surface area (Å²) in [7, 11) is 1.58. The summed E-state index contributed by atoms with van der Waals surface area (Å²) in [5.74, 6) is 0.147. The highest BCUT2D eigenvalue weighted by Crippen LogP contribution is 2.30. The molecular formula is C20H16Cl2N2O2. The number of halogens is 2. The minimum atomic E-state index is -0.572. The van der Waals surface area contributed by atoms with Crippen molar-refractivity contribution in [3.05, 3.63) is 75.8 Å². The molecule has 2 aromatic carbocycles. The average Bonchev–Trinajstić information content (AvgIpc) is 2.64. The van der Waals surface area contributed by atoms with E-state index in [4.69, 9.17) is 27.9 Å². The fourth-order valence-electron chi connectivity index (χ4n) is 2.31. The van der Waals surface area contributed by atoms with Gasteiger partial charge in [-0.15, -0.1) is 6.58 Å². The molecule has 6 heteroatoms.